The predicted molar refractivity (Wildman–Crippen MR) is 57.6 cm³/mol. The molecule has 1 aromatic carbocycles. The van der Waals surface area contributed by atoms with Crippen LogP contribution in [0.15, 0.2) is 18.2 Å². The highest BCUT2D eigenvalue weighted by molar-refractivity contribution is 9.09. The summed E-state index contributed by atoms with van der Waals surface area (Å²) in [4.78, 5) is 0.326. The maximum absolute atomic E-state index is 13.2. The molecule has 78 valence electrons. The summed E-state index contributed by atoms with van der Waals surface area (Å²) in [5.41, 5.74) is 0.574. The van der Waals surface area contributed by atoms with Crippen molar-refractivity contribution in [3.05, 3.63) is 35.4 Å². The second-order valence-electron chi connectivity index (χ2n) is 3.59. The van der Waals surface area contributed by atoms with Crippen LogP contribution in [-0.4, -0.2) is 4.83 Å². The molecule has 0 saturated carbocycles. The third-order valence-electron chi connectivity index (χ3n) is 2.34. The van der Waals surface area contributed by atoms with Gasteiger partial charge in [0.2, 0.25) is 0 Å². The molecule has 0 aliphatic rings. The average molecular weight is 263 g/mol. The number of halogens is 3. The fraction of sp³-hybridized carbons (Fsp3) is 0.455. The molecule has 0 nitrogen and oxygen atoms in total. The molecule has 0 aliphatic heterocycles. The summed E-state index contributed by atoms with van der Waals surface area (Å²) in [5.74, 6) is -0.647. The van der Waals surface area contributed by atoms with Gasteiger partial charge in [0.1, 0.15) is 11.6 Å². The third kappa shape index (κ3) is 3.05. The van der Waals surface area contributed by atoms with Crippen LogP contribution >= 0.6 is 15.9 Å². The molecule has 0 bridgehead atoms. The molecule has 0 saturated heterocycles. The van der Waals surface area contributed by atoms with Gasteiger partial charge in [-0.1, -0.05) is 35.8 Å². The number of hydrogen-bond acceptors (Lipinski definition) is 0. The molecular formula is C11H13BrF2. The molecule has 0 aromatic heterocycles. The van der Waals surface area contributed by atoms with E-state index in [1.54, 1.807) is 0 Å². The summed E-state index contributed by atoms with van der Waals surface area (Å²) < 4.78 is 25.8. The van der Waals surface area contributed by atoms with E-state index in [-0.39, 0.29) is 0 Å². The molecule has 14 heavy (non-hydrogen) atoms. The lowest BCUT2D eigenvalue weighted by atomic mass is 9.98. The van der Waals surface area contributed by atoms with Gasteiger partial charge < -0.3 is 0 Å². The monoisotopic (exact) mass is 262 g/mol. The molecule has 1 rings (SSSR count). The van der Waals surface area contributed by atoms with Crippen LogP contribution in [0.3, 0.4) is 0 Å². The Balaban J connectivity index is 2.77. The first-order valence-corrected chi connectivity index (χ1v) is 5.50. The van der Waals surface area contributed by atoms with Crippen molar-refractivity contribution >= 4 is 15.9 Å². The van der Waals surface area contributed by atoms with Crippen molar-refractivity contribution < 1.29 is 8.78 Å². The van der Waals surface area contributed by atoms with Crippen molar-refractivity contribution in [1.29, 1.82) is 0 Å². The minimum atomic E-state index is -0.522. The standard InChI is InChI=1S/C11H13BrF2/c1-7(8(2)12)5-9-3-4-10(13)6-11(9)14/h3-4,6-8H,5H2,1-2H3. The highest BCUT2D eigenvalue weighted by Gasteiger charge is 2.12. The minimum Gasteiger partial charge on any atom is -0.207 e. The first-order valence-electron chi connectivity index (χ1n) is 4.58. The zero-order valence-electron chi connectivity index (χ0n) is 8.23. The second-order valence-corrected chi connectivity index (χ2v) is 5.04. The van der Waals surface area contributed by atoms with Crippen molar-refractivity contribution in [1.82, 2.24) is 0 Å². The molecule has 1 aromatic rings. The highest BCUT2D eigenvalue weighted by atomic mass is 79.9. The van der Waals surface area contributed by atoms with Crippen LogP contribution in [0.2, 0.25) is 0 Å². The largest absolute Gasteiger partial charge is 0.207 e. The van der Waals surface area contributed by atoms with Crippen molar-refractivity contribution in [2.75, 3.05) is 0 Å². The zero-order chi connectivity index (χ0) is 10.7. The SMILES string of the molecule is CC(Br)C(C)Cc1ccc(F)cc1F. The Labute approximate surface area is 91.5 Å². The van der Waals surface area contributed by atoms with Gasteiger partial charge in [-0.15, -0.1) is 0 Å². The predicted octanol–water partition coefficient (Wildman–Crippen LogP) is 3.93. The summed E-state index contributed by atoms with van der Waals surface area (Å²) >= 11 is 3.44. The van der Waals surface area contributed by atoms with Crippen LogP contribution in [0, 0.1) is 17.6 Å². The topological polar surface area (TPSA) is 0 Å². The molecule has 3 heteroatoms. The Morgan fingerprint density at radius 3 is 2.43 bits per heavy atom. The van der Waals surface area contributed by atoms with Gasteiger partial charge in [-0.3, -0.25) is 0 Å². The maximum Gasteiger partial charge on any atom is 0.129 e. The molecule has 0 amide bonds. The molecule has 2 atom stereocenters. The van der Waals surface area contributed by atoms with E-state index >= 15 is 0 Å². The highest BCUT2D eigenvalue weighted by Crippen LogP contribution is 2.19. The van der Waals surface area contributed by atoms with Gasteiger partial charge in [0.15, 0.2) is 0 Å². The van der Waals surface area contributed by atoms with Crippen molar-refractivity contribution in [2.45, 2.75) is 25.1 Å². The normalized spacial score (nSPS) is 15.2. The first-order chi connectivity index (χ1) is 6.50. The van der Waals surface area contributed by atoms with Crippen LogP contribution in [-0.2, 0) is 6.42 Å². The van der Waals surface area contributed by atoms with Crippen molar-refractivity contribution in [3.63, 3.8) is 0 Å². The Bertz CT molecular complexity index is 310. The lowest BCUT2D eigenvalue weighted by Crippen LogP contribution is -2.10. The Hall–Kier alpha value is -0.440. The van der Waals surface area contributed by atoms with E-state index in [0.29, 0.717) is 22.7 Å². The van der Waals surface area contributed by atoms with E-state index in [4.69, 9.17) is 0 Å². The van der Waals surface area contributed by atoms with Crippen molar-refractivity contribution in [2.24, 2.45) is 5.92 Å². The second kappa shape index (κ2) is 4.87. The van der Waals surface area contributed by atoms with E-state index in [0.717, 1.165) is 6.07 Å². The smallest absolute Gasteiger partial charge is 0.129 e. The molecule has 0 N–H and O–H groups in total. The van der Waals surface area contributed by atoms with Crippen LogP contribution in [0.1, 0.15) is 19.4 Å². The fourth-order valence-electron chi connectivity index (χ4n) is 1.20. The van der Waals surface area contributed by atoms with Gasteiger partial charge in [0.05, 0.1) is 0 Å². The average Bonchev–Trinajstić information content (AvgIpc) is 2.09. The van der Waals surface area contributed by atoms with Gasteiger partial charge in [-0.2, -0.15) is 0 Å². The molecular weight excluding hydrogens is 250 g/mol. The van der Waals surface area contributed by atoms with Gasteiger partial charge in [-0.05, 0) is 24.0 Å². The van der Waals surface area contributed by atoms with Crippen LogP contribution in [0.25, 0.3) is 0 Å². The van der Waals surface area contributed by atoms with E-state index in [1.165, 1.54) is 12.1 Å². The lowest BCUT2D eigenvalue weighted by Gasteiger charge is -2.14. The third-order valence-corrected chi connectivity index (χ3v) is 3.24. The fourth-order valence-corrected chi connectivity index (χ4v) is 1.38. The first kappa shape index (κ1) is 11.6. The van der Waals surface area contributed by atoms with E-state index in [1.807, 2.05) is 13.8 Å². The summed E-state index contributed by atoms with van der Waals surface area (Å²) in [6, 6.07) is 3.74. The molecule has 0 aliphatic carbocycles. The maximum atomic E-state index is 13.2. The summed E-state index contributed by atoms with van der Waals surface area (Å²) in [6.45, 7) is 4.05. The van der Waals surface area contributed by atoms with E-state index in [9.17, 15) is 8.78 Å². The summed E-state index contributed by atoms with van der Waals surface area (Å²) in [5, 5.41) is 0. The zero-order valence-corrected chi connectivity index (χ0v) is 9.81. The molecule has 0 heterocycles. The minimum absolute atomic E-state index is 0.326. The number of hydrogen-bond donors (Lipinski definition) is 0. The molecule has 0 fully saturated rings. The van der Waals surface area contributed by atoms with Gasteiger partial charge in [-0.25, -0.2) is 8.78 Å². The lowest BCUT2D eigenvalue weighted by molar-refractivity contribution is 0.533. The van der Waals surface area contributed by atoms with Gasteiger partial charge >= 0.3 is 0 Å². The quantitative estimate of drug-likeness (QED) is 0.725. The number of alkyl halides is 1. The van der Waals surface area contributed by atoms with Gasteiger partial charge in [0, 0.05) is 10.9 Å². The van der Waals surface area contributed by atoms with E-state index < -0.39 is 11.6 Å². The van der Waals surface area contributed by atoms with E-state index in [2.05, 4.69) is 15.9 Å². The van der Waals surface area contributed by atoms with Gasteiger partial charge in [0.25, 0.3) is 0 Å². The number of rotatable bonds is 3. The molecule has 0 radical (unpaired) electrons. The summed E-state index contributed by atoms with van der Waals surface area (Å²) in [7, 11) is 0. The Morgan fingerprint density at radius 2 is 1.93 bits per heavy atom. The molecule has 0 spiro atoms. The summed E-state index contributed by atoms with van der Waals surface area (Å²) in [6.07, 6.45) is 0.624. The Morgan fingerprint density at radius 1 is 1.29 bits per heavy atom. The molecule has 2 unspecified atom stereocenters. The van der Waals surface area contributed by atoms with Crippen LogP contribution in [0.4, 0.5) is 8.78 Å². The Kier molecular flexibility index (Phi) is 4.05. The number of benzene rings is 1. The van der Waals surface area contributed by atoms with Crippen LogP contribution < -0.4 is 0 Å². The van der Waals surface area contributed by atoms with Crippen LogP contribution in [0.5, 0.6) is 0 Å². The van der Waals surface area contributed by atoms with Crippen molar-refractivity contribution in [3.8, 4) is 0 Å².